The van der Waals surface area contributed by atoms with Gasteiger partial charge < -0.3 is 10.1 Å². The maximum Gasteiger partial charge on any atom is 0.250 e. The second-order valence-electron chi connectivity index (χ2n) is 6.73. The Morgan fingerprint density at radius 3 is 2.33 bits per heavy atom. The summed E-state index contributed by atoms with van der Waals surface area (Å²) < 4.78 is 31.9. The van der Waals surface area contributed by atoms with Crippen LogP contribution < -0.4 is 10.6 Å². The fourth-order valence-corrected chi connectivity index (χ4v) is 4.44. The lowest BCUT2D eigenvalue weighted by Gasteiger charge is -2.26. The zero-order valence-corrected chi connectivity index (χ0v) is 18.1. The SMILES string of the molecule is Cc1ccc(/C=C/C(=O)NC(=S)Nc2ccc(S(=O)(=O)N3CCOCC3)cc2)cc1. The highest BCUT2D eigenvalue weighted by atomic mass is 32.2. The van der Waals surface area contributed by atoms with Crippen LogP contribution in [0.5, 0.6) is 0 Å². The van der Waals surface area contributed by atoms with Crippen molar-refractivity contribution in [2.24, 2.45) is 0 Å². The van der Waals surface area contributed by atoms with Crippen molar-refractivity contribution in [1.82, 2.24) is 9.62 Å². The van der Waals surface area contributed by atoms with E-state index in [0.717, 1.165) is 11.1 Å². The molecule has 0 atom stereocenters. The van der Waals surface area contributed by atoms with E-state index in [-0.39, 0.29) is 15.9 Å². The first-order valence-electron chi connectivity index (χ1n) is 9.39. The van der Waals surface area contributed by atoms with Crippen molar-refractivity contribution in [2.45, 2.75) is 11.8 Å². The van der Waals surface area contributed by atoms with Crippen molar-refractivity contribution in [1.29, 1.82) is 0 Å². The van der Waals surface area contributed by atoms with E-state index in [0.29, 0.717) is 32.0 Å². The van der Waals surface area contributed by atoms with Gasteiger partial charge in [0.05, 0.1) is 18.1 Å². The van der Waals surface area contributed by atoms with Crippen LogP contribution in [-0.4, -0.2) is 50.0 Å². The molecule has 2 N–H and O–H groups in total. The number of carbonyl (C=O) groups excluding carboxylic acids is 1. The minimum absolute atomic E-state index is 0.123. The van der Waals surface area contributed by atoms with Gasteiger partial charge in [0, 0.05) is 24.9 Å². The summed E-state index contributed by atoms with van der Waals surface area (Å²) >= 11 is 5.15. The van der Waals surface area contributed by atoms with Crippen LogP contribution >= 0.6 is 12.2 Å². The van der Waals surface area contributed by atoms with E-state index >= 15 is 0 Å². The third-order valence-electron chi connectivity index (χ3n) is 4.46. The number of hydrogen-bond acceptors (Lipinski definition) is 5. The number of sulfonamides is 1. The molecule has 0 bridgehead atoms. The van der Waals surface area contributed by atoms with E-state index in [4.69, 9.17) is 17.0 Å². The van der Waals surface area contributed by atoms with E-state index in [1.807, 2.05) is 31.2 Å². The third kappa shape index (κ3) is 5.96. The van der Waals surface area contributed by atoms with Crippen molar-refractivity contribution < 1.29 is 17.9 Å². The number of aryl methyl sites for hydroxylation is 1. The average Bonchev–Trinajstić information content (AvgIpc) is 2.74. The molecule has 1 saturated heterocycles. The standard InChI is InChI=1S/C21H23N3O4S2/c1-16-2-4-17(5-3-16)6-11-20(25)23-21(29)22-18-7-9-19(10-8-18)30(26,27)24-12-14-28-15-13-24/h2-11H,12-15H2,1H3,(H2,22,23,25,29)/b11-6+. The average molecular weight is 446 g/mol. The largest absolute Gasteiger partial charge is 0.379 e. The molecule has 7 nitrogen and oxygen atoms in total. The van der Waals surface area contributed by atoms with Crippen molar-refractivity contribution in [3.63, 3.8) is 0 Å². The van der Waals surface area contributed by atoms with Crippen LogP contribution in [0.15, 0.2) is 59.5 Å². The van der Waals surface area contributed by atoms with Crippen LogP contribution in [0.25, 0.3) is 6.08 Å². The monoisotopic (exact) mass is 445 g/mol. The van der Waals surface area contributed by atoms with Gasteiger partial charge in [-0.1, -0.05) is 29.8 Å². The molecule has 1 aliphatic rings. The fraction of sp³-hybridized carbons (Fsp3) is 0.238. The molecular weight excluding hydrogens is 422 g/mol. The molecule has 0 aliphatic carbocycles. The molecule has 0 aromatic heterocycles. The smallest absolute Gasteiger partial charge is 0.250 e. The highest BCUT2D eigenvalue weighted by Crippen LogP contribution is 2.19. The maximum absolute atomic E-state index is 12.6. The minimum atomic E-state index is -3.55. The summed E-state index contributed by atoms with van der Waals surface area (Å²) in [6.07, 6.45) is 3.10. The first-order valence-corrected chi connectivity index (χ1v) is 11.2. The summed E-state index contributed by atoms with van der Waals surface area (Å²) in [4.78, 5) is 12.2. The number of anilines is 1. The van der Waals surface area contributed by atoms with Crippen LogP contribution in [0.1, 0.15) is 11.1 Å². The van der Waals surface area contributed by atoms with Gasteiger partial charge in [0.25, 0.3) is 0 Å². The molecule has 0 unspecified atom stereocenters. The van der Waals surface area contributed by atoms with Crippen LogP contribution in [0, 0.1) is 6.92 Å². The van der Waals surface area contributed by atoms with Crippen molar-refractivity contribution >= 4 is 45.0 Å². The van der Waals surface area contributed by atoms with Gasteiger partial charge in [0.15, 0.2) is 5.11 Å². The molecule has 158 valence electrons. The fourth-order valence-electron chi connectivity index (χ4n) is 2.81. The normalized spacial score (nSPS) is 15.1. The summed E-state index contributed by atoms with van der Waals surface area (Å²) in [6.45, 7) is 3.47. The lowest BCUT2D eigenvalue weighted by Crippen LogP contribution is -2.40. The second kappa shape index (κ2) is 9.94. The topological polar surface area (TPSA) is 87.7 Å². The predicted octanol–water partition coefficient (Wildman–Crippen LogP) is 2.54. The molecule has 1 amide bonds. The zero-order chi connectivity index (χ0) is 21.6. The van der Waals surface area contributed by atoms with Gasteiger partial charge in [-0.25, -0.2) is 8.42 Å². The van der Waals surface area contributed by atoms with E-state index in [1.165, 1.54) is 22.5 Å². The van der Waals surface area contributed by atoms with Gasteiger partial charge in [0.2, 0.25) is 15.9 Å². The number of benzene rings is 2. The quantitative estimate of drug-likeness (QED) is 0.543. The van der Waals surface area contributed by atoms with Crippen LogP contribution in [-0.2, 0) is 19.6 Å². The highest BCUT2D eigenvalue weighted by Gasteiger charge is 2.26. The summed E-state index contributed by atoms with van der Waals surface area (Å²) in [5.41, 5.74) is 2.63. The minimum Gasteiger partial charge on any atom is -0.379 e. The number of thiocarbonyl (C=S) groups is 1. The molecule has 2 aromatic rings. The lowest BCUT2D eigenvalue weighted by atomic mass is 10.1. The number of ether oxygens (including phenoxy) is 1. The van der Waals surface area contributed by atoms with Gasteiger partial charge in [-0.05, 0) is 55.0 Å². The van der Waals surface area contributed by atoms with E-state index in [2.05, 4.69) is 10.6 Å². The van der Waals surface area contributed by atoms with Gasteiger partial charge in [-0.2, -0.15) is 4.31 Å². The Balaban J connectivity index is 1.55. The molecule has 1 heterocycles. The molecule has 30 heavy (non-hydrogen) atoms. The van der Waals surface area contributed by atoms with Crippen molar-refractivity contribution in [3.05, 3.63) is 65.7 Å². The Morgan fingerprint density at radius 1 is 1.07 bits per heavy atom. The number of nitrogens with zero attached hydrogens (tertiary/aromatic N) is 1. The molecule has 1 fully saturated rings. The molecular formula is C21H23N3O4S2. The molecule has 0 spiro atoms. The van der Waals surface area contributed by atoms with E-state index < -0.39 is 10.0 Å². The Hall–Kier alpha value is -2.59. The number of amides is 1. The van der Waals surface area contributed by atoms with Crippen molar-refractivity contribution in [3.8, 4) is 0 Å². The summed E-state index contributed by atoms with van der Waals surface area (Å²) in [6, 6.07) is 14.0. The number of hydrogen-bond donors (Lipinski definition) is 2. The molecule has 0 saturated carbocycles. The van der Waals surface area contributed by atoms with E-state index in [9.17, 15) is 13.2 Å². The van der Waals surface area contributed by atoms with Crippen LogP contribution in [0.4, 0.5) is 5.69 Å². The molecule has 2 aromatic carbocycles. The van der Waals surface area contributed by atoms with Crippen molar-refractivity contribution in [2.75, 3.05) is 31.6 Å². The zero-order valence-electron chi connectivity index (χ0n) is 16.5. The van der Waals surface area contributed by atoms with Gasteiger partial charge in [0.1, 0.15) is 0 Å². The number of rotatable bonds is 5. The molecule has 3 rings (SSSR count). The van der Waals surface area contributed by atoms with Crippen LogP contribution in [0.3, 0.4) is 0 Å². The Bertz CT molecular complexity index is 1030. The second-order valence-corrected chi connectivity index (χ2v) is 9.07. The number of carbonyl (C=O) groups is 1. The highest BCUT2D eigenvalue weighted by molar-refractivity contribution is 7.89. The molecule has 1 aliphatic heterocycles. The van der Waals surface area contributed by atoms with Gasteiger partial charge in [-0.3, -0.25) is 10.1 Å². The summed E-state index contributed by atoms with van der Waals surface area (Å²) in [5, 5.41) is 5.56. The number of nitrogens with one attached hydrogen (secondary N) is 2. The summed E-state index contributed by atoms with van der Waals surface area (Å²) in [5.74, 6) is -0.361. The first-order chi connectivity index (χ1) is 14.3. The Labute approximate surface area is 181 Å². The lowest BCUT2D eigenvalue weighted by molar-refractivity contribution is -0.115. The first kappa shape index (κ1) is 22.1. The van der Waals surface area contributed by atoms with E-state index in [1.54, 1.807) is 18.2 Å². The molecule has 0 radical (unpaired) electrons. The van der Waals surface area contributed by atoms with Gasteiger partial charge >= 0.3 is 0 Å². The third-order valence-corrected chi connectivity index (χ3v) is 6.58. The van der Waals surface area contributed by atoms with Gasteiger partial charge in [-0.15, -0.1) is 0 Å². The Morgan fingerprint density at radius 2 is 1.70 bits per heavy atom. The maximum atomic E-state index is 12.6. The van der Waals surface area contributed by atoms with Crippen LogP contribution in [0.2, 0.25) is 0 Å². The Kier molecular flexibility index (Phi) is 7.33. The predicted molar refractivity (Wildman–Crippen MR) is 121 cm³/mol. The molecule has 9 heteroatoms. The number of morpholine rings is 1. The summed E-state index contributed by atoms with van der Waals surface area (Å²) in [7, 11) is -3.55.